The summed E-state index contributed by atoms with van der Waals surface area (Å²) in [4.78, 5) is 27.1. The Balaban J connectivity index is 1.40. The first-order valence-corrected chi connectivity index (χ1v) is 12.8. The summed E-state index contributed by atoms with van der Waals surface area (Å²) in [6.07, 6.45) is 1.50. The summed E-state index contributed by atoms with van der Waals surface area (Å²) in [5, 5.41) is 11.6. The topological polar surface area (TPSA) is 87.4 Å². The van der Waals surface area contributed by atoms with E-state index in [1.54, 1.807) is 12.1 Å². The van der Waals surface area contributed by atoms with Crippen LogP contribution in [0, 0.1) is 31.0 Å². The van der Waals surface area contributed by atoms with Crippen molar-refractivity contribution in [3.8, 4) is 17.5 Å². The second kappa shape index (κ2) is 11.0. The Morgan fingerprint density at radius 2 is 1.73 bits per heavy atom. The molecule has 0 aliphatic carbocycles. The summed E-state index contributed by atoms with van der Waals surface area (Å²) < 4.78 is 22.3. The molecule has 0 saturated carbocycles. The van der Waals surface area contributed by atoms with E-state index in [2.05, 4.69) is 11.4 Å². The molecule has 7 nitrogen and oxygen atoms in total. The summed E-state index contributed by atoms with van der Waals surface area (Å²) >= 11 is 5.18. The predicted molar refractivity (Wildman–Crippen MR) is 153 cm³/mol. The third-order valence-corrected chi connectivity index (χ3v) is 6.88. The Labute approximate surface area is 235 Å². The summed E-state index contributed by atoms with van der Waals surface area (Å²) in [7, 11) is 0. The number of anilines is 1. The highest BCUT2D eigenvalue weighted by Gasteiger charge is 2.35. The molecular weight excluding hydrogens is 527 g/mol. The molecule has 1 aromatic heterocycles. The van der Waals surface area contributed by atoms with Crippen LogP contribution in [0.1, 0.15) is 28.1 Å². The Kier molecular flexibility index (Phi) is 7.27. The van der Waals surface area contributed by atoms with Crippen molar-refractivity contribution in [2.75, 3.05) is 4.90 Å². The summed E-state index contributed by atoms with van der Waals surface area (Å²) in [6, 6.07) is 24.5. The zero-order valence-corrected chi connectivity index (χ0v) is 22.5. The van der Waals surface area contributed by atoms with E-state index in [9.17, 15) is 19.2 Å². The fourth-order valence-corrected chi connectivity index (χ4v) is 4.88. The maximum absolute atomic E-state index is 14.5. The van der Waals surface area contributed by atoms with E-state index in [-0.39, 0.29) is 23.0 Å². The fourth-order valence-electron chi connectivity index (χ4n) is 4.60. The molecule has 2 heterocycles. The van der Waals surface area contributed by atoms with Crippen LogP contribution in [-0.2, 0) is 16.2 Å². The second-order valence-corrected chi connectivity index (χ2v) is 9.51. The third kappa shape index (κ3) is 5.00. The van der Waals surface area contributed by atoms with Gasteiger partial charge in [0.1, 0.15) is 23.7 Å². The molecule has 1 aliphatic heterocycles. The highest BCUT2D eigenvalue weighted by Crippen LogP contribution is 2.28. The Hall–Kier alpha value is -5.07. The van der Waals surface area contributed by atoms with E-state index in [0.717, 1.165) is 27.5 Å². The Morgan fingerprint density at radius 1 is 1.02 bits per heavy atom. The average Bonchev–Trinajstić information content (AvgIpc) is 3.23. The number of carbonyl (C=O) groups excluding carboxylic acids is 2. The number of hydrogen-bond donors (Lipinski definition) is 1. The van der Waals surface area contributed by atoms with E-state index >= 15 is 0 Å². The van der Waals surface area contributed by atoms with E-state index < -0.39 is 17.6 Å². The molecule has 0 unspecified atom stereocenters. The molecule has 1 N–H and O–H groups in total. The number of para-hydroxylation sites is 1. The van der Waals surface area contributed by atoms with E-state index in [1.165, 1.54) is 24.3 Å². The van der Waals surface area contributed by atoms with Crippen LogP contribution < -0.4 is 15.0 Å². The molecule has 4 aromatic rings. The van der Waals surface area contributed by atoms with Crippen LogP contribution in [0.4, 0.5) is 10.1 Å². The first-order chi connectivity index (χ1) is 19.3. The molecule has 5 rings (SSSR count). The van der Waals surface area contributed by atoms with Gasteiger partial charge < -0.3 is 9.30 Å². The van der Waals surface area contributed by atoms with Gasteiger partial charge in [0.2, 0.25) is 0 Å². The molecule has 1 fully saturated rings. The normalized spacial score (nSPS) is 14.3. The lowest BCUT2D eigenvalue weighted by Crippen LogP contribution is -2.54. The van der Waals surface area contributed by atoms with Gasteiger partial charge in [-0.3, -0.25) is 14.9 Å². The molecule has 1 aliphatic rings. The number of ether oxygens (including phenoxy) is 1. The molecule has 1 saturated heterocycles. The van der Waals surface area contributed by atoms with Crippen LogP contribution >= 0.6 is 12.2 Å². The van der Waals surface area contributed by atoms with Crippen LogP contribution in [-0.4, -0.2) is 21.5 Å². The number of nitriles is 1. The predicted octanol–water partition coefficient (Wildman–Crippen LogP) is 5.52. The summed E-state index contributed by atoms with van der Waals surface area (Å²) in [6.45, 7) is 4.07. The number of nitrogens with one attached hydrogen (secondary N) is 1. The first kappa shape index (κ1) is 26.5. The molecule has 40 heavy (non-hydrogen) atoms. The molecular formula is C31H23FN4O3S. The van der Waals surface area contributed by atoms with Gasteiger partial charge in [-0.1, -0.05) is 30.3 Å². The third-order valence-electron chi connectivity index (χ3n) is 6.59. The van der Waals surface area contributed by atoms with Gasteiger partial charge in [0, 0.05) is 22.6 Å². The lowest BCUT2D eigenvalue weighted by atomic mass is 10.1. The number of rotatable bonds is 6. The number of aryl methyl sites for hydroxylation is 1. The maximum atomic E-state index is 14.5. The summed E-state index contributed by atoms with van der Waals surface area (Å²) in [5.41, 5.74) is 4.39. The monoisotopic (exact) mass is 550 g/mol. The molecule has 198 valence electrons. The first-order valence-electron chi connectivity index (χ1n) is 12.3. The summed E-state index contributed by atoms with van der Waals surface area (Å²) in [5.74, 6) is -1.33. The van der Waals surface area contributed by atoms with Crippen molar-refractivity contribution in [1.82, 2.24) is 9.88 Å². The van der Waals surface area contributed by atoms with Crippen LogP contribution in [0.5, 0.6) is 5.75 Å². The smallest absolute Gasteiger partial charge is 0.270 e. The van der Waals surface area contributed by atoms with E-state index in [0.29, 0.717) is 16.9 Å². The molecule has 0 atom stereocenters. The average molecular weight is 551 g/mol. The zero-order chi connectivity index (χ0) is 28.4. The Bertz CT molecular complexity index is 1730. The fraction of sp³-hybridized carbons (Fsp3) is 0.0968. The van der Waals surface area contributed by atoms with Gasteiger partial charge in [0.05, 0.1) is 17.3 Å². The van der Waals surface area contributed by atoms with Crippen LogP contribution in [0.15, 0.2) is 84.4 Å². The number of nitrogens with zero attached hydrogens (tertiary/aromatic N) is 3. The van der Waals surface area contributed by atoms with Gasteiger partial charge >= 0.3 is 0 Å². The zero-order valence-electron chi connectivity index (χ0n) is 21.6. The van der Waals surface area contributed by atoms with Gasteiger partial charge in [0.25, 0.3) is 11.8 Å². The number of carbonyl (C=O) groups is 2. The van der Waals surface area contributed by atoms with E-state index in [1.807, 2.05) is 66.9 Å². The Morgan fingerprint density at radius 3 is 2.45 bits per heavy atom. The van der Waals surface area contributed by atoms with Crippen molar-refractivity contribution >= 4 is 40.9 Å². The molecule has 0 spiro atoms. The van der Waals surface area contributed by atoms with E-state index in [4.69, 9.17) is 17.0 Å². The largest absolute Gasteiger partial charge is 0.489 e. The molecule has 9 heteroatoms. The minimum atomic E-state index is -0.705. The van der Waals surface area contributed by atoms with Gasteiger partial charge in [-0.05, 0) is 86.2 Å². The highest BCUT2D eigenvalue weighted by atomic mass is 32.1. The minimum Gasteiger partial charge on any atom is -0.489 e. The second-order valence-electron chi connectivity index (χ2n) is 9.12. The number of aromatic nitrogens is 1. The lowest BCUT2D eigenvalue weighted by molar-refractivity contribution is -0.122. The lowest BCUT2D eigenvalue weighted by Gasteiger charge is -2.29. The van der Waals surface area contributed by atoms with Gasteiger partial charge in [-0.2, -0.15) is 5.26 Å². The van der Waals surface area contributed by atoms with Crippen molar-refractivity contribution in [2.45, 2.75) is 20.5 Å². The number of thiocarbonyl (C=S) groups is 1. The molecule has 0 bridgehead atoms. The van der Waals surface area contributed by atoms with Crippen LogP contribution in [0.3, 0.4) is 0 Å². The van der Waals surface area contributed by atoms with Gasteiger partial charge in [0.15, 0.2) is 5.11 Å². The number of halogens is 1. The van der Waals surface area contributed by atoms with Crippen molar-refractivity contribution in [3.05, 3.63) is 118 Å². The number of benzene rings is 3. The van der Waals surface area contributed by atoms with Gasteiger partial charge in [-0.15, -0.1) is 0 Å². The van der Waals surface area contributed by atoms with Gasteiger partial charge in [-0.25, -0.2) is 9.29 Å². The minimum absolute atomic E-state index is 0.0349. The standard InChI is InChI=1S/C31H23FN4O3S/c1-19-15-23(16-26-29(37)34-31(40)36(30(26)38)28-10-6-5-9-27(28)32)20(2)35(19)24-11-13-25(14-12-24)39-18-22-8-4-3-7-21(22)17-33/h3-16H,18H2,1-2H3,(H,34,37,40)/b26-16+. The maximum Gasteiger partial charge on any atom is 0.270 e. The van der Waals surface area contributed by atoms with Crippen molar-refractivity contribution in [3.63, 3.8) is 0 Å². The van der Waals surface area contributed by atoms with Crippen LogP contribution in [0.2, 0.25) is 0 Å². The van der Waals surface area contributed by atoms with Crippen LogP contribution in [0.25, 0.3) is 11.8 Å². The molecule has 2 amide bonds. The number of amides is 2. The highest BCUT2D eigenvalue weighted by molar-refractivity contribution is 7.80. The number of hydrogen-bond acceptors (Lipinski definition) is 5. The SMILES string of the molecule is Cc1cc(/C=C2\C(=O)NC(=S)N(c3ccccc3F)C2=O)c(C)n1-c1ccc(OCc2ccccc2C#N)cc1. The molecule has 0 radical (unpaired) electrons. The van der Waals surface area contributed by atoms with Crippen molar-refractivity contribution < 1.29 is 18.7 Å². The quantitative estimate of drug-likeness (QED) is 0.194. The van der Waals surface area contributed by atoms with Crippen molar-refractivity contribution in [2.24, 2.45) is 0 Å². The van der Waals surface area contributed by atoms with Crippen molar-refractivity contribution in [1.29, 1.82) is 5.26 Å². The molecule has 3 aromatic carbocycles.